The maximum atomic E-state index is 13.8. The van der Waals surface area contributed by atoms with Crippen molar-refractivity contribution in [2.75, 3.05) is 13.1 Å². The lowest BCUT2D eigenvalue weighted by molar-refractivity contribution is 0.213. The topological polar surface area (TPSA) is 63.4 Å². The average Bonchev–Trinajstić information content (AvgIpc) is 2.38. The molecule has 1 aromatic rings. The Hall–Kier alpha value is -1.05. The molecule has 0 radical (unpaired) electrons. The van der Waals surface area contributed by atoms with Crippen molar-refractivity contribution in [1.82, 2.24) is 4.31 Å². The first-order valence-electron chi connectivity index (χ1n) is 6.41. The Kier molecular flexibility index (Phi) is 5.23. The predicted molar refractivity (Wildman–Crippen MR) is 73.7 cm³/mol. The summed E-state index contributed by atoms with van der Waals surface area (Å²) in [4.78, 5) is -0.533. The van der Waals surface area contributed by atoms with Gasteiger partial charge in [0, 0.05) is 24.7 Å². The fourth-order valence-electron chi connectivity index (χ4n) is 2.07. The van der Waals surface area contributed by atoms with Crippen LogP contribution in [-0.2, 0) is 10.0 Å². The van der Waals surface area contributed by atoms with Gasteiger partial charge in [0.15, 0.2) is 0 Å². The number of halogens is 2. The van der Waals surface area contributed by atoms with Crippen molar-refractivity contribution in [2.45, 2.75) is 37.6 Å². The first-order chi connectivity index (χ1) is 9.22. The minimum Gasteiger partial charge on any atom is -0.329 e. The van der Waals surface area contributed by atoms with E-state index in [1.54, 1.807) is 13.8 Å². The van der Waals surface area contributed by atoms with Gasteiger partial charge in [0.1, 0.15) is 16.5 Å². The predicted octanol–water partition coefficient (Wildman–Crippen LogP) is 2.10. The highest BCUT2D eigenvalue weighted by atomic mass is 32.2. The van der Waals surface area contributed by atoms with Gasteiger partial charge in [-0.1, -0.05) is 13.8 Å². The van der Waals surface area contributed by atoms with Crippen molar-refractivity contribution in [2.24, 2.45) is 5.73 Å². The van der Waals surface area contributed by atoms with E-state index < -0.39 is 32.1 Å². The summed E-state index contributed by atoms with van der Waals surface area (Å²) in [5.41, 5.74) is 4.86. The molecule has 0 aromatic heterocycles. The van der Waals surface area contributed by atoms with Crippen molar-refractivity contribution in [1.29, 1.82) is 0 Å². The van der Waals surface area contributed by atoms with E-state index in [0.29, 0.717) is 12.5 Å². The zero-order valence-corrected chi connectivity index (χ0v) is 12.7. The lowest BCUT2D eigenvalue weighted by atomic mass is 9.99. The second kappa shape index (κ2) is 6.15. The molecule has 0 bridgehead atoms. The Morgan fingerprint density at radius 2 is 1.90 bits per heavy atom. The van der Waals surface area contributed by atoms with Crippen molar-refractivity contribution >= 4 is 10.0 Å². The van der Waals surface area contributed by atoms with E-state index in [2.05, 4.69) is 0 Å². The first kappa shape index (κ1) is 17.0. The van der Waals surface area contributed by atoms with Gasteiger partial charge >= 0.3 is 0 Å². The number of sulfonamides is 1. The molecule has 2 N–H and O–H groups in total. The smallest absolute Gasteiger partial charge is 0.246 e. The van der Waals surface area contributed by atoms with E-state index >= 15 is 0 Å². The number of nitrogens with two attached hydrogens (primary N) is 1. The molecule has 1 rings (SSSR count). The minimum absolute atomic E-state index is 0.110. The highest BCUT2D eigenvalue weighted by Gasteiger charge is 2.38. The Morgan fingerprint density at radius 3 is 2.30 bits per heavy atom. The summed E-state index contributed by atoms with van der Waals surface area (Å²) >= 11 is 0. The van der Waals surface area contributed by atoms with E-state index in [1.807, 2.05) is 6.92 Å². The van der Waals surface area contributed by atoms with Crippen molar-refractivity contribution in [3.8, 4) is 0 Å². The quantitative estimate of drug-likeness (QED) is 0.875. The molecule has 0 aliphatic carbocycles. The Morgan fingerprint density at radius 1 is 1.30 bits per heavy atom. The Balaban J connectivity index is 3.39. The third-order valence-electron chi connectivity index (χ3n) is 3.55. The van der Waals surface area contributed by atoms with Crippen LogP contribution in [0.1, 0.15) is 27.2 Å². The molecular weight excluding hydrogens is 286 g/mol. The molecule has 4 nitrogen and oxygen atoms in total. The molecule has 0 aliphatic rings. The molecule has 0 saturated carbocycles. The highest BCUT2D eigenvalue weighted by Crippen LogP contribution is 2.28. The van der Waals surface area contributed by atoms with Gasteiger partial charge in [-0.05, 0) is 25.5 Å². The summed E-state index contributed by atoms with van der Waals surface area (Å²) in [7, 11) is -4.07. The second-order valence-electron chi connectivity index (χ2n) is 4.80. The number of rotatable bonds is 6. The average molecular weight is 306 g/mol. The number of hydrogen-bond acceptors (Lipinski definition) is 3. The van der Waals surface area contributed by atoms with Gasteiger partial charge in [-0.25, -0.2) is 17.2 Å². The van der Waals surface area contributed by atoms with Crippen LogP contribution in [0.4, 0.5) is 8.78 Å². The summed E-state index contributed by atoms with van der Waals surface area (Å²) in [6.45, 7) is 5.43. The fourth-order valence-corrected chi connectivity index (χ4v) is 3.97. The zero-order valence-electron chi connectivity index (χ0n) is 11.9. The van der Waals surface area contributed by atoms with Gasteiger partial charge in [0.2, 0.25) is 10.0 Å². The Labute approximate surface area is 118 Å². The SMILES string of the molecule is CCN(C(C)(CC)CN)S(=O)(=O)c1ccc(F)cc1F. The van der Waals surface area contributed by atoms with Crippen LogP contribution in [0.2, 0.25) is 0 Å². The molecule has 0 saturated heterocycles. The zero-order chi connectivity index (χ0) is 15.6. The van der Waals surface area contributed by atoms with Gasteiger partial charge in [0.25, 0.3) is 0 Å². The molecule has 0 spiro atoms. The van der Waals surface area contributed by atoms with Crippen LogP contribution in [-0.4, -0.2) is 31.4 Å². The molecule has 0 heterocycles. The number of nitrogens with zero attached hydrogens (tertiary/aromatic N) is 1. The molecule has 0 fully saturated rings. The third kappa shape index (κ3) is 2.99. The largest absolute Gasteiger partial charge is 0.329 e. The van der Waals surface area contributed by atoms with Gasteiger partial charge < -0.3 is 5.73 Å². The van der Waals surface area contributed by atoms with E-state index in [-0.39, 0.29) is 13.1 Å². The van der Waals surface area contributed by atoms with E-state index in [9.17, 15) is 17.2 Å². The van der Waals surface area contributed by atoms with Gasteiger partial charge in [-0.3, -0.25) is 0 Å². The summed E-state index contributed by atoms with van der Waals surface area (Å²) < 4.78 is 53.0. The maximum Gasteiger partial charge on any atom is 0.246 e. The van der Waals surface area contributed by atoms with Crippen LogP contribution in [0.15, 0.2) is 23.1 Å². The van der Waals surface area contributed by atoms with Crippen LogP contribution in [0.25, 0.3) is 0 Å². The standard InChI is InChI=1S/C13H20F2N2O2S/c1-4-13(3,9-16)17(5-2)20(18,19)12-7-6-10(14)8-11(12)15/h6-8H,4-5,9,16H2,1-3H3. The Bertz CT molecular complexity index is 572. The summed E-state index contributed by atoms with van der Waals surface area (Å²) in [6, 6.07) is 2.43. The van der Waals surface area contributed by atoms with Crippen LogP contribution >= 0.6 is 0 Å². The molecule has 114 valence electrons. The molecule has 1 atom stereocenters. The molecule has 0 aliphatic heterocycles. The van der Waals surface area contributed by atoms with Crippen LogP contribution in [0.3, 0.4) is 0 Å². The molecule has 20 heavy (non-hydrogen) atoms. The lowest BCUT2D eigenvalue weighted by Gasteiger charge is -2.38. The summed E-state index contributed by atoms with van der Waals surface area (Å²) in [5, 5.41) is 0. The van der Waals surface area contributed by atoms with E-state index in [0.717, 1.165) is 16.4 Å². The second-order valence-corrected chi connectivity index (χ2v) is 6.63. The van der Waals surface area contributed by atoms with Crippen molar-refractivity contribution < 1.29 is 17.2 Å². The summed E-state index contributed by atoms with van der Waals surface area (Å²) in [6.07, 6.45) is 0.485. The first-order valence-corrected chi connectivity index (χ1v) is 7.85. The molecular formula is C13H20F2N2O2S. The van der Waals surface area contributed by atoms with Crippen LogP contribution < -0.4 is 5.73 Å². The van der Waals surface area contributed by atoms with Crippen molar-refractivity contribution in [3.63, 3.8) is 0 Å². The maximum absolute atomic E-state index is 13.8. The minimum atomic E-state index is -4.07. The normalized spacial score (nSPS) is 15.3. The van der Waals surface area contributed by atoms with Gasteiger partial charge in [0.05, 0.1) is 0 Å². The van der Waals surface area contributed by atoms with E-state index in [1.165, 1.54) is 0 Å². The van der Waals surface area contributed by atoms with Crippen LogP contribution in [0.5, 0.6) is 0 Å². The van der Waals surface area contributed by atoms with Gasteiger partial charge in [-0.2, -0.15) is 4.31 Å². The fraction of sp³-hybridized carbons (Fsp3) is 0.538. The number of likely N-dealkylation sites (N-methyl/N-ethyl adjacent to an activating group) is 1. The molecule has 7 heteroatoms. The molecule has 1 unspecified atom stereocenters. The van der Waals surface area contributed by atoms with Crippen molar-refractivity contribution in [3.05, 3.63) is 29.8 Å². The van der Waals surface area contributed by atoms with Gasteiger partial charge in [-0.15, -0.1) is 0 Å². The van der Waals surface area contributed by atoms with E-state index in [4.69, 9.17) is 5.73 Å². The van der Waals surface area contributed by atoms with Crippen LogP contribution in [0, 0.1) is 11.6 Å². The number of hydrogen-bond donors (Lipinski definition) is 1. The molecule has 1 aromatic carbocycles. The molecule has 0 amide bonds. The lowest BCUT2D eigenvalue weighted by Crippen LogP contribution is -2.53. The third-order valence-corrected chi connectivity index (χ3v) is 5.72. The highest BCUT2D eigenvalue weighted by molar-refractivity contribution is 7.89. The number of benzene rings is 1. The summed E-state index contributed by atoms with van der Waals surface area (Å²) in [5.74, 6) is -1.92. The monoisotopic (exact) mass is 306 g/mol.